The minimum atomic E-state index is -0.583. The lowest BCUT2D eigenvalue weighted by Gasteiger charge is -2.37. The first kappa shape index (κ1) is 15.6. The third-order valence-corrected chi connectivity index (χ3v) is 4.73. The summed E-state index contributed by atoms with van der Waals surface area (Å²) in [6.07, 6.45) is 6.13. The lowest BCUT2D eigenvalue weighted by Crippen LogP contribution is -2.46. The van der Waals surface area contributed by atoms with E-state index in [2.05, 4.69) is 20.5 Å². The SMILES string of the molecule is CC(NC(=O)C1(c2ccc(F)cc2)CCCCC1)c1ncn[nH]1. The Labute approximate surface area is 134 Å². The van der Waals surface area contributed by atoms with E-state index in [1.165, 1.54) is 18.5 Å². The minimum Gasteiger partial charge on any atom is -0.346 e. The number of carbonyl (C=O) groups excluding carboxylic acids is 1. The second-order valence-electron chi connectivity index (χ2n) is 6.22. The van der Waals surface area contributed by atoms with Crippen molar-refractivity contribution in [3.05, 3.63) is 47.8 Å². The zero-order chi connectivity index (χ0) is 16.3. The molecule has 2 N–H and O–H groups in total. The molecule has 1 aromatic heterocycles. The van der Waals surface area contributed by atoms with Crippen molar-refractivity contribution < 1.29 is 9.18 Å². The van der Waals surface area contributed by atoms with E-state index in [9.17, 15) is 9.18 Å². The Kier molecular flexibility index (Phi) is 4.41. The number of hydrogen-bond acceptors (Lipinski definition) is 3. The molecule has 0 saturated heterocycles. The van der Waals surface area contributed by atoms with Gasteiger partial charge >= 0.3 is 0 Å². The number of aromatic amines is 1. The van der Waals surface area contributed by atoms with Gasteiger partial charge in [0.1, 0.15) is 18.0 Å². The Hall–Kier alpha value is -2.24. The van der Waals surface area contributed by atoms with Gasteiger partial charge in [0.15, 0.2) is 0 Å². The van der Waals surface area contributed by atoms with Crippen LogP contribution in [0.1, 0.15) is 56.5 Å². The third kappa shape index (κ3) is 3.11. The highest BCUT2D eigenvalue weighted by Crippen LogP contribution is 2.40. The average Bonchev–Trinajstić information content (AvgIpc) is 3.10. The lowest BCUT2D eigenvalue weighted by atomic mass is 9.68. The van der Waals surface area contributed by atoms with Crippen LogP contribution in [-0.2, 0) is 10.2 Å². The van der Waals surface area contributed by atoms with Gasteiger partial charge in [0, 0.05) is 0 Å². The molecule has 1 heterocycles. The Bertz CT molecular complexity index is 648. The molecule has 1 unspecified atom stereocenters. The Morgan fingerprint density at radius 1 is 1.26 bits per heavy atom. The van der Waals surface area contributed by atoms with Crippen LogP contribution in [0.25, 0.3) is 0 Å². The summed E-state index contributed by atoms with van der Waals surface area (Å²) >= 11 is 0. The van der Waals surface area contributed by atoms with Crippen molar-refractivity contribution in [2.45, 2.75) is 50.5 Å². The number of carbonyl (C=O) groups is 1. The fraction of sp³-hybridized carbons (Fsp3) is 0.471. The summed E-state index contributed by atoms with van der Waals surface area (Å²) in [5.41, 5.74) is 0.307. The van der Waals surface area contributed by atoms with Crippen LogP contribution in [0, 0.1) is 5.82 Å². The topological polar surface area (TPSA) is 70.7 Å². The first-order valence-electron chi connectivity index (χ1n) is 8.04. The van der Waals surface area contributed by atoms with E-state index in [1.54, 1.807) is 12.1 Å². The molecule has 3 rings (SSSR count). The van der Waals surface area contributed by atoms with E-state index < -0.39 is 5.41 Å². The highest BCUT2D eigenvalue weighted by molar-refractivity contribution is 5.88. The molecule has 1 amide bonds. The average molecular weight is 316 g/mol. The highest BCUT2D eigenvalue weighted by Gasteiger charge is 2.41. The number of amides is 1. The Balaban J connectivity index is 1.86. The van der Waals surface area contributed by atoms with Gasteiger partial charge in [0.05, 0.1) is 11.5 Å². The Morgan fingerprint density at radius 2 is 1.96 bits per heavy atom. The summed E-state index contributed by atoms with van der Waals surface area (Å²) in [5, 5.41) is 9.64. The zero-order valence-electron chi connectivity index (χ0n) is 13.2. The molecule has 1 aromatic carbocycles. The zero-order valence-corrected chi connectivity index (χ0v) is 13.2. The summed E-state index contributed by atoms with van der Waals surface area (Å²) in [5.74, 6) is 0.325. The maximum Gasteiger partial charge on any atom is 0.231 e. The quantitative estimate of drug-likeness (QED) is 0.911. The van der Waals surface area contributed by atoms with Crippen molar-refractivity contribution in [2.24, 2.45) is 0 Å². The summed E-state index contributed by atoms with van der Waals surface area (Å²) < 4.78 is 13.3. The number of nitrogens with zero attached hydrogens (tertiary/aromatic N) is 2. The second-order valence-corrected chi connectivity index (χ2v) is 6.22. The highest BCUT2D eigenvalue weighted by atomic mass is 19.1. The van der Waals surface area contributed by atoms with E-state index in [0.717, 1.165) is 37.7 Å². The molecule has 122 valence electrons. The first-order valence-corrected chi connectivity index (χ1v) is 8.04. The third-order valence-electron chi connectivity index (χ3n) is 4.73. The van der Waals surface area contributed by atoms with Crippen molar-refractivity contribution in [3.8, 4) is 0 Å². The number of hydrogen-bond donors (Lipinski definition) is 2. The number of H-pyrrole nitrogens is 1. The van der Waals surface area contributed by atoms with Crippen LogP contribution in [0.15, 0.2) is 30.6 Å². The number of nitrogens with one attached hydrogen (secondary N) is 2. The molecule has 23 heavy (non-hydrogen) atoms. The van der Waals surface area contributed by atoms with E-state index >= 15 is 0 Å². The fourth-order valence-electron chi connectivity index (χ4n) is 3.40. The van der Waals surface area contributed by atoms with E-state index in [-0.39, 0.29) is 17.8 Å². The molecule has 0 aliphatic heterocycles. The molecule has 1 aliphatic carbocycles. The van der Waals surface area contributed by atoms with Gasteiger partial charge in [-0.15, -0.1) is 0 Å². The summed E-state index contributed by atoms with van der Waals surface area (Å²) in [6.45, 7) is 1.87. The van der Waals surface area contributed by atoms with Crippen LogP contribution in [0.4, 0.5) is 4.39 Å². The number of halogens is 1. The normalized spacial score (nSPS) is 18.3. The molecule has 0 bridgehead atoms. The largest absolute Gasteiger partial charge is 0.346 e. The van der Waals surface area contributed by atoms with Crippen LogP contribution in [0.5, 0.6) is 0 Å². The van der Waals surface area contributed by atoms with E-state index in [0.29, 0.717) is 5.82 Å². The van der Waals surface area contributed by atoms with Crippen LogP contribution in [0.3, 0.4) is 0 Å². The predicted octanol–water partition coefficient (Wildman–Crippen LogP) is 3.02. The van der Waals surface area contributed by atoms with Crippen molar-refractivity contribution in [2.75, 3.05) is 0 Å². The molecule has 1 aliphatic rings. The lowest BCUT2D eigenvalue weighted by molar-refractivity contribution is -0.128. The number of rotatable bonds is 4. The minimum absolute atomic E-state index is 0.0206. The molecule has 1 atom stereocenters. The van der Waals surface area contributed by atoms with E-state index in [1.807, 2.05) is 6.92 Å². The summed E-state index contributed by atoms with van der Waals surface area (Å²) in [4.78, 5) is 17.1. The predicted molar refractivity (Wildman–Crippen MR) is 84.1 cm³/mol. The van der Waals surface area contributed by atoms with Crippen molar-refractivity contribution in [1.29, 1.82) is 0 Å². The standard InChI is InChI=1S/C17H21FN4O/c1-12(15-19-11-20-22-15)21-16(23)17(9-3-2-4-10-17)13-5-7-14(18)8-6-13/h5-8,11-12H,2-4,9-10H2,1H3,(H,21,23)(H,19,20,22). The van der Waals surface area contributed by atoms with Crippen molar-refractivity contribution in [1.82, 2.24) is 20.5 Å². The molecule has 0 radical (unpaired) electrons. The molecule has 2 aromatic rings. The van der Waals surface area contributed by atoms with Crippen molar-refractivity contribution in [3.63, 3.8) is 0 Å². The molecular formula is C17H21FN4O. The van der Waals surface area contributed by atoms with Gasteiger partial charge < -0.3 is 5.32 Å². The van der Waals surface area contributed by atoms with Crippen LogP contribution >= 0.6 is 0 Å². The van der Waals surface area contributed by atoms with Crippen LogP contribution in [-0.4, -0.2) is 21.1 Å². The fourth-order valence-corrected chi connectivity index (χ4v) is 3.40. The molecule has 1 fully saturated rings. The maximum atomic E-state index is 13.3. The van der Waals surface area contributed by atoms with Gasteiger partial charge in [0.25, 0.3) is 0 Å². The second kappa shape index (κ2) is 6.48. The first-order chi connectivity index (χ1) is 11.1. The van der Waals surface area contributed by atoms with Crippen LogP contribution < -0.4 is 5.32 Å². The summed E-state index contributed by atoms with van der Waals surface area (Å²) in [6, 6.07) is 6.08. The maximum absolute atomic E-state index is 13.3. The molecule has 0 spiro atoms. The van der Waals surface area contributed by atoms with Gasteiger partial charge in [-0.25, -0.2) is 9.37 Å². The van der Waals surface area contributed by atoms with Gasteiger partial charge in [0.2, 0.25) is 5.91 Å². The van der Waals surface area contributed by atoms with Gasteiger partial charge in [-0.1, -0.05) is 31.4 Å². The molecular weight excluding hydrogens is 295 g/mol. The van der Waals surface area contributed by atoms with Gasteiger partial charge in [-0.3, -0.25) is 9.89 Å². The smallest absolute Gasteiger partial charge is 0.231 e. The molecule has 5 nitrogen and oxygen atoms in total. The van der Waals surface area contributed by atoms with Gasteiger partial charge in [-0.2, -0.15) is 5.10 Å². The van der Waals surface area contributed by atoms with Crippen molar-refractivity contribution >= 4 is 5.91 Å². The summed E-state index contributed by atoms with van der Waals surface area (Å²) in [7, 11) is 0. The van der Waals surface area contributed by atoms with E-state index in [4.69, 9.17) is 0 Å². The van der Waals surface area contributed by atoms with Gasteiger partial charge in [-0.05, 0) is 37.5 Å². The molecule has 6 heteroatoms. The number of aromatic nitrogens is 3. The van der Waals surface area contributed by atoms with Crippen LogP contribution in [0.2, 0.25) is 0 Å². The number of benzene rings is 1. The monoisotopic (exact) mass is 316 g/mol. The molecule has 1 saturated carbocycles. The Morgan fingerprint density at radius 3 is 2.57 bits per heavy atom.